The number of anilines is 1. The van der Waals surface area contributed by atoms with Crippen LogP contribution in [0.3, 0.4) is 0 Å². The van der Waals surface area contributed by atoms with Crippen LogP contribution in [0.4, 0.5) is 5.69 Å². The molecule has 0 saturated carbocycles. The maximum atomic E-state index is 5.73. The predicted molar refractivity (Wildman–Crippen MR) is 105 cm³/mol. The summed E-state index contributed by atoms with van der Waals surface area (Å²) in [6, 6.07) is 8.45. The predicted octanol–water partition coefficient (Wildman–Crippen LogP) is 6.59. The molecule has 2 heteroatoms. The van der Waals surface area contributed by atoms with Gasteiger partial charge >= 0.3 is 0 Å². The summed E-state index contributed by atoms with van der Waals surface area (Å²) in [6.07, 6.45) is 17.0. The summed E-state index contributed by atoms with van der Waals surface area (Å²) in [5, 5.41) is 0. The highest BCUT2D eigenvalue weighted by atomic mass is 16.5. The highest BCUT2D eigenvalue weighted by molar-refractivity contribution is 5.59. The minimum absolute atomic E-state index is 0.829. The van der Waals surface area contributed by atoms with E-state index in [4.69, 9.17) is 4.74 Å². The monoisotopic (exact) mass is 331 g/mol. The summed E-state index contributed by atoms with van der Waals surface area (Å²) < 4.78 is 5.73. The zero-order valence-corrected chi connectivity index (χ0v) is 15.8. The molecule has 0 spiro atoms. The lowest BCUT2D eigenvalue weighted by Crippen LogP contribution is -2.33. The van der Waals surface area contributed by atoms with Crippen LogP contribution in [0, 0.1) is 0 Å². The summed E-state index contributed by atoms with van der Waals surface area (Å²) >= 11 is 0. The third-order valence-corrected chi connectivity index (χ3v) is 5.11. The Kier molecular flexibility index (Phi) is 9.75. The van der Waals surface area contributed by atoms with Gasteiger partial charge in [0, 0.05) is 6.54 Å². The number of ether oxygens (including phenoxy) is 1. The molecule has 1 aliphatic rings. The molecule has 2 rings (SSSR count). The molecule has 0 aromatic heterocycles. The summed E-state index contributed by atoms with van der Waals surface area (Å²) in [6.45, 7) is 5.33. The van der Waals surface area contributed by atoms with Crippen molar-refractivity contribution in [3.05, 3.63) is 24.3 Å². The van der Waals surface area contributed by atoms with Gasteiger partial charge in [-0.05, 0) is 18.6 Å². The van der Waals surface area contributed by atoms with Gasteiger partial charge in [-0.1, -0.05) is 89.7 Å². The van der Waals surface area contributed by atoms with Gasteiger partial charge in [-0.25, -0.2) is 0 Å². The Morgan fingerprint density at radius 1 is 0.792 bits per heavy atom. The van der Waals surface area contributed by atoms with Crippen molar-refractivity contribution in [2.75, 3.05) is 24.6 Å². The lowest BCUT2D eigenvalue weighted by atomic mass is 10.1. The van der Waals surface area contributed by atoms with Crippen LogP contribution in [0.1, 0.15) is 84.0 Å². The molecule has 1 aromatic rings. The first-order valence-electron chi connectivity index (χ1n) is 10.4. The first-order valence-corrected chi connectivity index (χ1v) is 10.4. The van der Waals surface area contributed by atoms with Crippen LogP contribution in [0.25, 0.3) is 0 Å². The number of hydrogen-bond acceptors (Lipinski definition) is 2. The van der Waals surface area contributed by atoms with Crippen molar-refractivity contribution in [1.29, 1.82) is 0 Å². The van der Waals surface area contributed by atoms with Gasteiger partial charge < -0.3 is 9.64 Å². The Morgan fingerprint density at radius 3 is 2.04 bits per heavy atom. The minimum Gasteiger partial charge on any atom is -0.490 e. The van der Waals surface area contributed by atoms with Crippen molar-refractivity contribution in [1.82, 2.24) is 0 Å². The van der Waals surface area contributed by atoms with Crippen LogP contribution in [-0.4, -0.2) is 19.7 Å². The number of fused-ring (bicyclic) bond motifs is 1. The quantitative estimate of drug-likeness (QED) is 0.378. The normalized spacial score (nSPS) is 13.6. The average Bonchev–Trinajstić information content (AvgIpc) is 2.63. The molecule has 0 bridgehead atoms. The average molecular weight is 332 g/mol. The molecule has 0 saturated heterocycles. The SMILES string of the molecule is CCCCCCCCCCCCCCN1CCOc2ccccc21. The zero-order valence-electron chi connectivity index (χ0n) is 15.8. The van der Waals surface area contributed by atoms with E-state index < -0.39 is 0 Å². The van der Waals surface area contributed by atoms with Gasteiger partial charge in [0.1, 0.15) is 12.4 Å². The van der Waals surface area contributed by atoms with Crippen molar-refractivity contribution in [2.24, 2.45) is 0 Å². The Bertz CT molecular complexity index is 432. The molecule has 0 N–H and O–H groups in total. The first kappa shape index (κ1) is 19.1. The van der Waals surface area contributed by atoms with E-state index in [0.717, 1.165) is 18.9 Å². The highest BCUT2D eigenvalue weighted by Gasteiger charge is 2.16. The van der Waals surface area contributed by atoms with Crippen LogP contribution in [-0.2, 0) is 0 Å². The Hall–Kier alpha value is -1.18. The van der Waals surface area contributed by atoms with Gasteiger partial charge in [-0.15, -0.1) is 0 Å². The summed E-state index contributed by atoms with van der Waals surface area (Å²) in [5.74, 6) is 1.06. The molecule has 0 unspecified atom stereocenters. The van der Waals surface area contributed by atoms with Crippen molar-refractivity contribution in [3.8, 4) is 5.75 Å². The van der Waals surface area contributed by atoms with Crippen LogP contribution in [0.5, 0.6) is 5.75 Å². The second-order valence-electron chi connectivity index (χ2n) is 7.19. The van der Waals surface area contributed by atoms with Gasteiger partial charge in [0.05, 0.1) is 12.2 Å². The van der Waals surface area contributed by atoms with E-state index in [0.29, 0.717) is 0 Å². The molecule has 1 heterocycles. The van der Waals surface area contributed by atoms with Gasteiger partial charge in [0.25, 0.3) is 0 Å². The Morgan fingerprint density at radius 2 is 1.38 bits per heavy atom. The summed E-state index contributed by atoms with van der Waals surface area (Å²) in [5.41, 5.74) is 1.28. The minimum atomic E-state index is 0.829. The smallest absolute Gasteiger partial charge is 0.142 e. The first-order chi connectivity index (χ1) is 11.9. The maximum Gasteiger partial charge on any atom is 0.142 e. The number of benzene rings is 1. The van der Waals surface area contributed by atoms with Crippen molar-refractivity contribution < 1.29 is 4.74 Å². The molecule has 0 fully saturated rings. The zero-order chi connectivity index (χ0) is 16.9. The van der Waals surface area contributed by atoms with Crippen molar-refractivity contribution in [3.63, 3.8) is 0 Å². The molecular formula is C22H37NO. The van der Waals surface area contributed by atoms with Gasteiger partial charge in [-0.3, -0.25) is 0 Å². The third-order valence-electron chi connectivity index (χ3n) is 5.11. The van der Waals surface area contributed by atoms with Crippen LogP contribution < -0.4 is 9.64 Å². The number of rotatable bonds is 13. The van der Waals surface area contributed by atoms with E-state index in [1.807, 2.05) is 0 Å². The Balaban J connectivity index is 1.44. The largest absolute Gasteiger partial charge is 0.490 e. The van der Waals surface area contributed by atoms with Crippen LogP contribution in [0.15, 0.2) is 24.3 Å². The van der Waals surface area contributed by atoms with E-state index in [1.165, 1.54) is 89.3 Å². The van der Waals surface area contributed by atoms with E-state index in [-0.39, 0.29) is 0 Å². The molecule has 0 aliphatic carbocycles. The van der Waals surface area contributed by atoms with E-state index >= 15 is 0 Å². The second-order valence-corrected chi connectivity index (χ2v) is 7.19. The highest BCUT2D eigenvalue weighted by Crippen LogP contribution is 2.31. The lowest BCUT2D eigenvalue weighted by Gasteiger charge is -2.31. The lowest BCUT2D eigenvalue weighted by molar-refractivity contribution is 0.307. The molecular weight excluding hydrogens is 294 g/mol. The summed E-state index contributed by atoms with van der Waals surface area (Å²) in [7, 11) is 0. The van der Waals surface area contributed by atoms with Gasteiger partial charge in [0.2, 0.25) is 0 Å². The van der Waals surface area contributed by atoms with Crippen LogP contribution >= 0.6 is 0 Å². The van der Waals surface area contributed by atoms with Crippen LogP contribution in [0.2, 0.25) is 0 Å². The van der Waals surface area contributed by atoms with E-state index in [9.17, 15) is 0 Å². The molecule has 0 atom stereocenters. The van der Waals surface area contributed by atoms with Crippen molar-refractivity contribution >= 4 is 5.69 Å². The number of unbranched alkanes of at least 4 members (excludes halogenated alkanes) is 11. The summed E-state index contributed by atoms with van der Waals surface area (Å²) in [4.78, 5) is 2.50. The molecule has 0 radical (unpaired) electrons. The van der Waals surface area contributed by atoms with Crippen molar-refractivity contribution in [2.45, 2.75) is 84.0 Å². The van der Waals surface area contributed by atoms with Gasteiger partial charge in [-0.2, -0.15) is 0 Å². The maximum absolute atomic E-state index is 5.73. The fourth-order valence-corrected chi connectivity index (χ4v) is 3.60. The standard InChI is InChI=1S/C22H37NO/c1-2-3-4-5-6-7-8-9-10-11-12-15-18-23-19-20-24-22-17-14-13-16-21(22)23/h13-14,16-17H,2-12,15,18-20H2,1H3. The number of hydrogen-bond donors (Lipinski definition) is 0. The molecule has 1 aliphatic heterocycles. The van der Waals surface area contributed by atoms with E-state index in [2.05, 4.69) is 36.1 Å². The molecule has 136 valence electrons. The fourth-order valence-electron chi connectivity index (χ4n) is 3.60. The Labute approximate surface area is 149 Å². The number of nitrogens with zero attached hydrogens (tertiary/aromatic N) is 1. The fraction of sp³-hybridized carbons (Fsp3) is 0.727. The molecule has 0 amide bonds. The molecule has 2 nitrogen and oxygen atoms in total. The molecule has 24 heavy (non-hydrogen) atoms. The second kappa shape index (κ2) is 12.2. The topological polar surface area (TPSA) is 12.5 Å². The van der Waals surface area contributed by atoms with Gasteiger partial charge in [0.15, 0.2) is 0 Å². The number of para-hydroxylation sites is 2. The third kappa shape index (κ3) is 7.15. The van der Waals surface area contributed by atoms with E-state index in [1.54, 1.807) is 0 Å². The molecule has 1 aromatic carbocycles.